The Morgan fingerprint density at radius 1 is 0.868 bits per heavy atom. The van der Waals surface area contributed by atoms with Crippen molar-refractivity contribution in [2.75, 3.05) is 19.7 Å². The zero-order valence-corrected chi connectivity index (χ0v) is 31.6. The lowest BCUT2D eigenvalue weighted by atomic mass is 9.83. The minimum absolute atomic E-state index is 0.0395. The van der Waals surface area contributed by atoms with E-state index < -0.39 is 72.3 Å². The molecule has 0 aromatic heterocycles. The Kier molecular flexibility index (Phi) is 20.0. The first-order valence-corrected chi connectivity index (χ1v) is 18.5. The van der Waals surface area contributed by atoms with Gasteiger partial charge in [-0.3, -0.25) is 19.2 Å². The molecule has 0 heterocycles. The Labute approximate surface area is 312 Å². The van der Waals surface area contributed by atoms with Gasteiger partial charge in [0.2, 0.25) is 11.8 Å². The zero-order valence-electron chi connectivity index (χ0n) is 31.6. The number of aliphatic hydroxyl groups excluding tert-OH is 1. The van der Waals surface area contributed by atoms with Crippen molar-refractivity contribution in [3.05, 3.63) is 48.6 Å². The molecular weight excluding hydrogens is 686 g/mol. The van der Waals surface area contributed by atoms with E-state index in [9.17, 15) is 33.9 Å². The Hall–Kier alpha value is -4.66. The number of carbonyl (C=O) groups excluding carboxylic acids is 6. The van der Waals surface area contributed by atoms with Crippen LogP contribution in [0.4, 0.5) is 9.59 Å². The van der Waals surface area contributed by atoms with Gasteiger partial charge < -0.3 is 45.9 Å². The van der Waals surface area contributed by atoms with Crippen LogP contribution in [0.2, 0.25) is 0 Å². The fourth-order valence-corrected chi connectivity index (χ4v) is 5.82. The van der Waals surface area contributed by atoms with Crippen LogP contribution >= 0.6 is 0 Å². The normalized spacial score (nSPS) is 15.3. The molecule has 1 fully saturated rings. The van der Waals surface area contributed by atoms with Gasteiger partial charge >= 0.3 is 18.2 Å². The van der Waals surface area contributed by atoms with Crippen molar-refractivity contribution in [2.45, 2.75) is 128 Å². The van der Waals surface area contributed by atoms with Crippen LogP contribution in [0.25, 0.3) is 0 Å². The van der Waals surface area contributed by atoms with E-state index in [2.05, 4.69) is 33.2 Å². The van der Waals surface area contributed by atoms with E-state index in [4.69, 9.17) is 14.2 Å². The van der Waals surface area contributed by atoms with Crippen LogP contribution in [0.5, 0.6) is 0 Å². The highest BCUT2D eigenvalue weighted by molar-refractivity contribution is 5.92. The Balaban J connectivity index is 2.15. The second-order valence-electron chi connectivity index (χ2n) is 14.1. The lowest BCUT2D eigenvalue weighted by Gasteiger charge is -2.32. The van der Waals surface area contributed by atoms with Gasteiger partial charge in [0.15, 0.2) is 6.10 Å². The quantitative estimate of drug-likeness (QED) is 0.0467. The van der Waals surface area contributed by atoms with Crippen molar-refractivity contribution in [3.8, 4) is 0 Å². The first kappa shape index (κ1) is 44.5. The molecule has 53 heavy (non-hydrogen) atoms. The Bertz CT molecular complexity index is 1330. The van der Waals surface area contributed by atoms with E-state index in [1.165, 1.54) is 6.08 Å². The highest BCUT2D eigenvalue weighted by Crippen LogP contribution is 2.27. The standard InChI is InChI=1S/C38H59N5O10/c1-6-16-28(32(45)35(48)40-24-30(44)51-23-7-2)41-33(46)29(21-14-15-22-39-36(49)52-25-26-17-10-8-11-18-26)42-34(47)31(27-19-12-9-13-20-27)43-37(50)53-38(3,4)5/h7-8,10-11,17-18,27-29,31-32,45H,2,6,9,12-16,19-25H2,1,3-5H3,(H,39,49)(H,40,48)(H,41,46)(H,42,47)(H,43,50)/t28?,29-,31-,32?/m0/s1. The molecule has 1 aromatic carbocycles. The molecule has 1 saturated carbocycles. The number of aliphatic hydroxyl groups is 1. The number of hydrogen-bond acceptors (Lipinski definition) is 10. The number of alkyl carbamates (subject to hydrolysis) is 2. The molecule has 0 radical (unpaired) electrons. The molecule has 2 unspecified atom stereocenters. The van der Waals surface area contributed by atoms with Gasteiger partial charge in [0, 0.05) is 6.54 Å². The van der Waals surface area contributed by atoms with Crippen LogP contribution in [-0.2, 0) is 40.0 Å². The van der Waals surface area contributed by atoms with Gasteiger partial charge in [-0.2, -0.15) is 0 Å². The average molecular weight is 746 g/mol. The summed E-state index contributed by atoms with van der Waals surface area (Å²) in [5.41, 5.74) is 0.0463. The summed E-state index contributed by atoms with van der Waals surface area (Å²) in [6.45, 7) is 10.2. The van der Waals surface area contributed by atoms with Gasteiger partial charge in [-0.15, -0.1) is 0 Å². The smallest absolute Gasteiger partial charge is 0.408 e. The largest absolute Gasteiger partial charge is 0.460 e. The summed E-state index contributed by atoms with van der Waals surface area (Å²) in [7, 11) is 0. The van der Waals surface area contributed by atoms with Crippen molar-refractivity contribution in [3.63, 3.8) is 0 Å². The van der Waals surface area contributed by atoms with Crippen molar-refractivity contribution in [2.24, 2.45) is 5.92 Å². The summed E-state index contributed by atoms with van der Waals surface area (Å²) >= 11 is 0. The summed E-state index contributed by atoms with van der Waals surface area (Å²) in [6.07, 6.45) is 4.19. The molecule has 2 rings (SSSR count). The second kappa shape index (κ2) is 23.8. The zero-order chi connectivity index (χ0) is 39.2. The number of benzene rings is 1. The maximum Gasteiger partial charge on any atom is 0.408 e. The number of ether oxygens (including phenoxy) is 3. The lowest BCUT2D eigenvalue weighted by molar-refractivity contribution is -0.144. The monoisotopic (exact) mass is 745 g/mol. The SMILES string of the molecule is C=CCOC(=O)CNC(=O)C(O)C(CCC)NC(=O)[C@H](CCCCNC(=O)OCc1ccccc1)NC(=O)[C@@H](NC(=O)OC(C)(C)C)C1CCCCC1. The number of amides is 5. The summed E-state index contributed by atoms with van der Waals surface area (Å²) in [4.78, 5) is 77.4. The minimum Gasteiger partial charge on any atom is -0.460 e. The van der Waals surface area contributed by atoms with Crippen molar-refractivity contribution in [1.82, 2.24) is 26.6 Å². The fraction of sp³-hybridized carbons (Fsp3) is 0.632. The number of nitrogens with one attached hydrogen (secondary N) is 5. The van der Waals surface area contributed by atoms with E-state index in [0.29, 0.717) is 32.1 Å². The summed E-state index contributed by atoms with van der Waals surface area (Å²) in [5.74, 6) is -3.00. The topological polar surface area (TPSA) is 210 Å². The van der Waals surface area contributed by atoms with Crippen LogP contribution < -0.4 is 26.6 Å². The van der Waals surface area contributed by atoms with Crippen molar-refractivity contribution < 1.29 is 48.1 Å². The Morgan fingerprint density at radius 3 is 2.21 bits per heavy atom. The Morgan fingerprint density at radius 2 is 1.57 bits per heavy atom. The van der Waals surface area contributed by atoms with Crippen LogP contribution in [-0.4, -0.2) is 90.5 Å². The van der Waals surface area contributed by atoms with Gasteiger partial charge in [-0.05, 0) is 70.8 Å². The predicted molar refractivity (Wildman–Crippen MR) is 197 cm³/mol. The first-order chi connectivity index (χ1) is 25.2. The molecular formula is C38H59N5O10. The molecule has 0 aliphatic heterocycles. The molecule has 1 aromatic rings. The molecule has 0 spiro atoms. The minimum atomic E-state index is -1.71. The van der Waals surface area contributed by atoms with Crippen LogP contribution in [0, 0.1) is 5.92 Å². The third kappa shape index (κ3) is 18.1. The number of rotatable bonds is 21. The van der Waals surface area contributed by atoms with E-state index in [0.717, 1.165) is 24.8 Å². The van der Waals surface area contributed by atoms with Gasteiger partial charge in [-0.1, -0.05) is 75.6 Å². The maximum atomic E-state index is 13.9. The third-order valence-electron chi connectivity index (χ3n) is 8.46. The summed E-state index contributed by atoms with van der Waals surface area (Å²) < 4.78 is 15.5. The van der Waals surface area contributed by atoms with Gasteiger partial charge in [0.05, 0.1) is 6.04 Å². The number of hydrogen-bond donors (Lipinski definition) is 6. The third-order valence-corrected chi connectivity index (χ3v) is 8.46. The number of unbranched alkanes of at least 4 members (excludes halogenated alkanes) is 1. The molecule has 15 heteroatoms. The fourth-order valence-electron chi connectivity index (χ4n) is 5.82. The molecule has 15 nitrogen and oxygen atoms in total. The van der Waals surface area contributed by atoms with Crippen LogP contribution in [0.15, 0.2) is 43.0 Å². The second-order valence-corrected chi connectivity index (χ2v) is 14.1. The van der Waals surface area contributed by atoms with E-state index >= 15 is 0 Å². The number of carbonyl (C=O) groups is 6. The number of esters is 1. The van der Waals surface area contributed by atoms with E-state index in [-0.39, 0.29) is 38.5 Å². The molecule has 296 valence electrons. The van der Waals surface area contributed by atoms with Gasteiger partial charge in [0.25, 0.3) is 5.91 Å². The van der Waals surface area contributed by atoms with Gasteiger partial charge in [0.1, 0.15) is 37.4 Å². The van der Waals surface area contributed by atoms with Crippen LogP contribution in [0.3, 0.4) is 0 Å². The highest BCUT2D eigenvalue weighted by atomic mass is 16.6. The molecule has 0 bridgehead atoms. The maximum absolute atomic E-state index is 13.9. The molecule has 6 N–H and O–H groups in total. The summed E-state index contributed by atoms with van der Waals surface area (Å²) in [6, 6.07) is 6.09. The first-order valence-electron chi connectivity index (χ1n) is 18.5. The summed E-state index contributed by atoms with van der Waals surface area (Å²) in [5, 5.41) is 24.1. The highest BCUT2D eigenvalue weighted by Gasteiger charge is 2.36. The van der Waals surface area contributed by atoms with E-state index in [1.807, 2.05) is 37.3 Å². The molecule has 0 saturated heterocycles. The predicted octanol–water partition coefficient (Wildman–Crippen LogP) is 3.53. The molecule has 1 aliphatic rings. The van der Waals surface area contributed by atoms with E-state index in [1.54, 1.807) is 20.8 Å². The molecule has 1 aliphatic carbocycles. The lowest BCUT2D eigenvalue weighted by Crippen LogP contribution is -2.59. The molecule has 4 atom stereocenters. The molecule has 5 amide bonds. The van der Waals surface area contributed by atoms with Crippen molar-refractivity contribution in [1.29, 1.82) is 0 Å². The van der Waals surface area contributed by atoms with Gasteiger partial charge in [-0.25, -0.2) is 9.59 Å². The van der Waals surface area contributed by atoms with Crippen molar-refractivity contribution >= 4 is 35.9 Å². The average Bonchev–Trinajstić information content (AvgIpc) is 3.13. The van der Waals surface area contributed by atoms with Crippen LogP contribution in [0.1, 0.15) is 97.5 Å².